The Hall–Kier alpha value is -8.39. The number of fused-ring (bicyclic) bond motifs is 12. The maximum Gasteiger partial charge on any atom is 0.240 e. The molecule has 0 bridgehead atoms. The normalized spacial score (nSPS) is 12.9. The van der Waals surface area contributed by atoms with Gasteiger partial charge in [-0.25, -0.2) is 0 Å². The molecule has 64 heavy (non-hydrogen) atoms. The van der Waals surface area contributed by atoms with Crippen LogP contribution in [-0.4, -0.2) is 28.7 Å². The standard InChI is InChI=1S/C57H34N6S/c1-8-24-45-37(16-1)38-17-2-9-25-46(38)61(45)51-30-15-23-36(35-32-33-53-44(34-35)43-22-7-14-31-52(43)64-53)54(51)55-58-56(62-47-26-10-3-18-39(47)40-19-4-11-27-48(40)62)60-57(59-55)63-49-28-12-5-20-41(49)42-21-6-13-29-50(42)63/h1-34H/i3D,10D,18D,26D. The van der Waals surface area contributed by atoms with Gasteiger partial charge in [0, 0.05) is 52.5 Å². The molecule has 0 aliphatic heterocycles. The van der Waals surface area contributed by atoms with Crippen LogP contribution in [0.3, 0.4) is 0 Å². The van der Waals surface area contributed by atoms with Gasteiger partial charge in [-0.05, 0) is 71.8 Å². The van der Waals surface area contributed by atoms with E-state index in [0.717, 1.165) is 71.4 Å². The second-order valence-electron chi connectivity index (χ2n) is 16.1. The molecule has 0 saturated heterocycles. The van der Waals surface area contributed by atoms with E-state index in [9.17, 15) is 2.74 Å². The van der Waals surface area contributed by atoms with Gasteiger partial charge in [-0.2, -0.15) is 15.0 Å². The number of benzene rings is 9. The van der Waals surface area contributed by atoms with Crippen molar-refractivity contribution in [3.8, 4) is 40.1 Å². The van der Waals surface area contributed by atoms with E-state index < -0.39 is 0 Å². The fourth-order valence-corrected chi connectivity index (χ4v) is 11.0. The topological polar surface area (TPSA) is 53.5 Å². The van der Waals surface area contributed by atoms with Gasteiger partial charge in [-0.3, -0.25) is 9.13 Å². The molecule has 5 aromatic heterocycles. The first-order valence-electron chi connectivity index (χ1n) is 23.2. The first-order valence-corrected chi connectivity index (χ1v) is 22.0. The van der Waals surface area contributed by atoms with Crippen LogP contribution in [0.25, 0.3) is 126 Å². The third kappa shape index (κ3) is 5.04. The fraction of sp³-hybridized carbons (Fsp3) is 0. The number of hydrogen-bond donors (Lipinski definition) is 0. The van der Waals surface area contributed by atoms with Crippen molar-refractivity contribution in [1.82, 2.24) is 28.7 Å². The molecular formula is C57H34N6S. The Balaban J connectivity index is 1.17. The molecule has 5 heterocycles. The number of thiophene rings is 1. The van der Waals surface area contributed by atoms with Crippen LogP contribution in [0.2, 0.25) is 0 Å². The lowest BCUT2D eigenvalue weighted by atomic mass is 9.96. The maximum absolute atomic E-state index is 9.42. The Morgan fingerprint density at radius 2 is 0.859 bits per heavy atom. The molecule has 0 N–H and O–H groups in total. The molecule has 298 valence electrons. The summed E-state index contributed by atoms with van der Waals surface area (Å²) in [6.07, 6.45) is 0. The van der Waals surface area contributed by atoms with Crippen molar-refractivity contribution in [2.24, 2.45) is 0 Å². The molecule has 14 rings (SSSR count). The van der Waals surface area contributed by atoms with Crippen molar-refractivity contribution >= 4 is 96.9 Å². The number of aromatic nitrogens is 6. The maximum atomic E-state index is 9.42. The van der Waals surface area contributed by atoms with E-state index in [1.165, 1.54) is 14.8 Å². The molecule has 7 heteroatoms. The highest BCUT2D eigenvalue weighted by molar-refractivity contribution is 7.25. The van der Waals surface area contributed by atoms with Crippen LogP contribution in [0.1, 0.15) is 5.48 Å². The molecule has 0 aliphatic rings. The molecule has 14 aromatic rings. The van der Waals surface area contributed by atoms with Gasteiger partial charge in [0.2, 0.25) is 11.9 Å². The second kappa shape index (κ2) is 13.6. The van der Waals surface area contributed by atoms with Crippen LogP contribution in [0.4, 0.5) is 0 Å². The summed E-state index contributed by atoms with van der Waals surface area (Å²) in [4.78, 5) is 16.5. The van der Waals surface area contributed by atoms with Crippen molar-refractivity contribution in [3.05, 3.63) is 206 Å². The molecule has 6 nitrogen and oxygen atoms in total. The predicted octanol–water partition coefficient (Wildman–Crippen LogP) is 14.9. The van der Waals surface area contributed by atoms with Crippen molar-refractivity contribution in [2.45, 2.75) is 0 Å². The highest BCUT2D eigenvalue weighted by Crippen LogP contribution is 2.44. The molecule has 0 saturated carbocycles. The third-order valence-corrected chi connectivity index (χ3v) is 13.8. The zero-order chi connectivity index (χ0) is 45.4. The smallest absolute Gasteiger partial charge is 0.240 e. The molecule has 0 amide bonds. The molecule has 0 atom stereocenters. The lowest BCUT2D eigenvalue weighted by Crippen LogP contribution is -2.11. The Kier molecular flexibility index (Phi) is 6.66. The fourth-order valence-electron chi connectivity index (χ4n) is 9.96. The van der Waals surface area contributed by atoms with Gasteiger partial charge in [-0.1, -0.05) is 146 Å². The van der Waals surface area contributed by atoms with Crippen molar-refractivity contribution < 1.29 is 5.48 Å². The van der Waals surface area contributed by atoms with E-state index in [1.54, 1.807) is 15.9 Å². The van der Waals surface area contributed by atoms with Gasteiger partial charge in [0.25, 0.3) is 0 Å². The second-order valence-corrected chi connectivity index (χ2v) is 17.2. The molecule has 0 spiro atoms. The Morgan fingerprint density at radius 3 is 1.47 bits per heavy atom. The number of nitrogens with zero attached hydrogens (tertiary/aromatic N) is 6. The summed E-state index contributed by atoms with van der Waals surface area (Å²) in [7, 11) is 0. The van der Waals surface area contributed by atoms with E-state index in [2.05, 4.69) is 143 Å². The molecule has 0 radical (unpaired) electrons. The lowest BCUT2D eigenvalue weighted by molar-refractivity contribution is 0.892. The van der Waals surface area contributed by atoms with Gasteiger partial charge >= 0.3 is 0 Å². The van der Waals surface area contributed by atoms with Gasteiger partial charge in [-0.15, -0.1) is 11.3 Å². The Bertz CT molecular complexity index is 4360. The van der Waals surface area contributed by atoms with Gasteiger partial charge in [0.05, 0.1) is 49.8 Å². The average Bonchev–Trinajstić information content (AvgIpc) is 4.13. The monoisotopic (exact) mass is 838 g/mol. The SMILES string of the molecule is [2H]c1c([2H])c([2H])c2c(c1[2H])c1ccccc1n2-c1nc(-c2c(-c3ccc4sc5ccccc5c4c3)cccc2-n2c3ccccc3c3ccccc32)nc(-n2c3ccccc3c3ccccc32)n1. The van der Waals surface area contributed by atoms with Crippen LogP contribution in [0, 0.1) is 0 Å². The summed E-state index contributed by atoms with van der Waals surface area (Å²) in [5.41, 5.74) is 8.34. The van der Waals surface area contributed by atoms with Gasteiger partial charge in [0.15, 0.2) is 5.82 Å². The predicted molar refractivity (Wildman–Crippen MR) is 267 cm³/mol. The average molecular weight is 839 g/mol. The lowest BCUT2D eigenvalue weighted by Gasteiger charge is -2.19. The Labute approximate surface area is 375 Å². The largest absolute Gasteiger partial charge is 0.308 e. The third-order valence-electron chi connectivity index (χ3n) is 12.7. The van der Waals surface area contributed by atoms with Crippen LogP contribution in [-0.2, 0) is 0 Å². The van der Waals surface area contributed by atoms with Crippen molar-refractivity contribution in [3.63, 3.8) is 0 Å². The van der Waals surface area contributed by atoms with Gasteiger partial charge < -0.3 is 4.57 Å². The molecular weight excluding hydrogens is 801 g/mol. The van der Waals surface area contributed by atoms with E-state index in [4.69, 9.17) is 17.7 Å². The van der Waals surface area contributed by atoms with Crippen LogP contribution >= 0.6 is 11.3 Å². The van der Waals surface area contributed by atoms with E-state index >= 15 is 0 Å². The number of para-hydroxylation sites is 6. The molecule has 0 unspecified atom stereocenters. The molecule has 9 aromatic carbocycles. The first kappa shape index (κ1) is 31.5. The highest BCUT2D eigenvalue weighted by atomic mass is 32.1. The van der Waals surface area contributed by atoms with Crippen molar-refractivity contribution in [1.29, 1.82) is 0 Å². The van der Waals surface area contributed by atoms with Crippen LogP contribution in [0.5, 0.6) is 0 Å². The zero-order valence-corrected chi connectivity index (χ0v) is 34.7. The zero-order valence-electron chi connectivity index (χ0n) is 37.9. The van der Waals surface area contributed by atoms with Crippen LogP contribution < -0.4 is 0 Å². The molecule has 0 aliphatic carbocycles. The summed E-state index contributed by atoms with van der Waals surface area (Å²) < 4.78 is 44.8. The number of hydrogen-bond acceptors (Lipinski definition) is 4. The quantitative estimate of drug-likeness (QED) is 0.173. The minimum Gasteiger partial charge on any atom is -0.308 e. The Morgan fingerprint density at radius 1 is 0.375 bits per heavy atom. The summed E-state index contributed by atoms with van der Waals surface area (Å²) in [5.74, 6) is 0.961. The van der Waals surface area contributed by atoms with Crippen LogP contribution in [0.15, 0.2) is 206 Å². The summed E-state index contributed by atoms with van der Waals surface area (Å²) in [6, 6.07) is 61.7. The van der Waals surface area contributed by atoms with Crippen molar-refractivity contribution in [2.75, 3.05) is 0 Å². The summed E-state index contributed by atoms with van der Waals surface area (Å²) >= 11 is 1.78. The minimum absolute atomic E-state index is 0.122. The molecule has 0 fully saturated rings. The van der Waals surface area contributed by atoms with E-state index in [1.807, 2.05) is 48.5 Å². The first-order chi connectivity index (χ1) is 33.4. The minimum atomic E-state index is -0.334. The van der Waals surface area contributed by atoms with E-state index in [0.29, 0.717) is 28.1 Å². The number of rotatable bonds is 5. The highest BCUT2D eigenvalue weighted by Gasteiger charge is 2.25. The van der Waals surface area contributed by atoms with Gasteiger partial charge in [0.1, 0.15) is 0 Å². The van der Waals surface area contributed by atoms with E-state index in [-0.39, 0.29) is 35.6 Å². The summed E-state index contributed by atoms with van der Waals surface area (Å²) in [5, 5.41) is 7.74. The summed E-state index contributed by atoms with van der Waals surface area (Å²) in [6.45, 7) is 0.